The fourth-order valence-corrected chi connectivity index (χ4v) is 1.78. The number of methoxy groups -OCH3 is 1. The van der Waals surface area contributed by atoms with Crippen molar-refractivity contribution in [3.8, 4) is 0 Å². The summed E-state index contributed by atoms with van der Waals surface area (Å²) in [4.78, 5) is 56.8. The lowest BCUT2D eigenvalue weighted by Crippen LogP contribution is -2.40. The van der Waals surface area contributed by atoms with Crippen LogP contribution >= 0.6 is 0 Å². The minimum Gasteiger partial charge on any atom is -0.447 e. The van der Waals surface area contributed by atoms with E-state index in [0.717, 1.165) is 21.0 Å². The molecule has 0 aliphatic carbocycles. The monoisotopic (exact) mass is 348 g/mol. The lowest BCUT2D eigenvalue weighted by molar-refractivity contribution is -0.182. The number of carbonyl (C=O) groups excluding carboxylic acids is 5. The van der Waals surface area contributed by atoms with Crippen LogP contribution in [0.4, 0.5) is 0 Å². The van der Waals surface area contributed by atoms with E-state index in [-0.39, 0.29) is 0 Å². The summed E-state index contributed by atoms with van der Waals surface area (Å²) in [6, 6.07) is 0. The molecule has 24 heavy (non-hydrogen) atoms. The summed E-state index contributed by atoms with van der Waals surface area (Å²) >= 11 is 0. The van der Waals surface area contributed by atoms with Gasteiger partial charge >= 0.3 is 29.8 Å². The Morgan fingerprint density at radius 3 is 1.88 bits per heavy atom. The first kappa shape index (κ1) is 19.4. The Balaban J connectivity index is 2.74. The summed E-state index contributed by atoms with van der Waals surface area (Å²) in [5.74, 6) is -6.02. The number of hydrogen-bond donors (Lipinski definition) is 0. The maximum absolute atomic E-state index is 12.0. The van der Waals surface area contributed by atoms with Gasteiger partial charge in [0.25, 0.3) is 0 Å². The van der Waals surface area contributed by atoms with E-state index in [9.17, 15) is 24.0 Å². The minimum absolute atomic E-state index is 0.692. The van der Waals surface area contributed by atoms with Crippen LogP contribution in [0.2, 0.25) is 0 Å². The highest BCUT2D eigenvalue weighted by atomic mass is 16.7. The number of esters is 5. The molecular weight excluding hydrogens is 332 g/mol. The number of cyclic esters (lactones) is 1. The van der Waals surface area contributed by atoms with Crippen LogP contribution < -0.4 is 0 Å². The van der Waals surface area contributed by atoms with E-state index >= 15 is 0 Å². The molecule has 0 radical (unpaired) electrons. The molecule has 1 saturated heterocycles. The van der Waals surface area contributed by atoms with Crippen LogP contribution in [-0.2, 0) is 52.4 Å². The Morgan fingerprint density at radius 1 is 0.917 bits per heavy atom. The average molecular weight is 348 g/mol. The van der Waals surface area contributed by atoms with Crippen LogP contribution in [-0.4, -0.2) is 62.8 Å². The van der Waals surface area contributed by atoms with Gasteiger partial charge in [-0.05, 0) is 0 Å². The van der Waals surface area contributed by atoms with Gasteiger partial charge in [-0.3, -0.25) is 14.4 Å². The third-order valence-electron chi connectivity index (χ3n) is 2.81. The first-order valence-electron chi connectivity index (χ1n) is 6.61. The molecule has 0 aromatic heterocycles. The molecule has 1 aliphatic rings. The van der Waals surface area contributed by atoms with E-state index in [2.05, 4.69) is 18.9 Å². The first-order chi connectivity index (χ1) is 11.3. The number of hydrogen-bond acceptors (Lipinski definition) is 11. The number of ether oxygens (including phenoxy) is 6. The Labute approximate surface area is 136 Å². The summed E-state index contributed by atoms with van der Waals surface area (Å²) in [6.45, 7) is 0.780. The van der Waals surface area contributed by atoms with E-state index < -0.39 is 61.6 Å². The van der Waals surface area contributed by atoms with Crippen molar-refractivity contribution in [1.29, 1.82) is 0 Å². The molecule has 0 aromatic carbocycles. The highest BCUT2D eigenvalue weighted by Gasteiger charge is 2.54. The van der Waals surface area contributed by atoms with Gasteiger partial charge in [0, 0.05) is 21.0 Å². The van der Waals surface area contributed by atoms with Crippen LogP contribution in [0.5, 0.6) is 0 Å². The molecule has 0 saturated carbocycles. The second kappa shape index (κ2) is 8.82. The molecule has 0 aromatic rings. The molecule has 0 amide bonds. The van der Waals surface area contributed by atoms with Crippen LogP contribution in [0.1, 0.15) is 13.8 Å². The predicted octanol–water partition coefficient (Wildman–Crippen LogP) is -1.33. The fraction of sp³-hybridized carbons (Fsp3) is 0.615. The second-order valence-electron chi connectivity index (χ2n) is 4.47. The SMILES string of the molecule is COC1C(=O)OC(C(=O)OCOC(C)=O)C1C(=O)OCOC(C)=O. The fourth-order valence-electron chi connectivity index (χ4n) is 1.78. The van der Waals surface area contributed by atoms with Crippen molar-refractivity contribution in [2.24, 2.45) is 5.92 Å². The van der Waals surface area contributed by atoms with Crippen LogP contribution in [0, 0.1) is 5.92 Å². The molecule has 11 nitrogen and oxygen atoms in total. The smallest absolute Gasteiger partial charge is 0.351 e. The van der Waals surface area contributed by atoms with Gasteiger partial charge in [0.05, 0.1) is 0 Å². The highest BCUT2D eigenvalue weighted by molar-refractivity contribution is 5.94. The Kier molecular flexibility index (Phi) is 7.11. The largest absolute Gasteiger partial charge is 0.447 e. The van der Waals surface area contributed by atoms with Crippen molar-refractivity contribution in [3.63, 3.8) is 0 Å². The van der Waals surface area contributed by atoms with Crippen LogP contribution in [0.3, 0.4) is 0 Å². The van der Waals surface area contributed by atoms with Gasteiger partial charge in [0.15, 0.2) is 6.10 Å². The molecule has 0 N–H and O–H groups in total. The van der Waals surface area contributed by atoms with Gasteiger partial charge in [-0.15, -0.1) is 0 Å². The van der Waals surface area contributed by atoms with E-state index in [1.54, 1.807) is 0 Å². The van der Waals surface area contributed by atoms with Gasteiger partial charge in [-0.2, -0.15) is 0 Å². The van der Waals surface area contributed by atoms with E-state index in [1.807, 2.05) is 0 Å². The minimum atomic E-state index is -1.65. The zero-order valence-corrected chi connectivity index (χ0v) is 13.1. The lowest BCUT2D eigenvalue weighted by Gasteiger charge is -2.17. The Bertz CT molecular complexity index is 526. The van der Waals surface area contributed by atoms with Crippen molar-refractivity contribution >= 4 is 29.8 Å². The lowest BCUT2D eigenvalue weighted by atomic mass is 9.99. The van der Waals surface area contributed by atoms with E-state index in [1.165, 1.54) is 0 Å². The normalized spacial score (nSPS) is 22.3. The average Bonchev–Trinajstić information content (AvgIpc) is 2.83. The highest BCUT2D eigenvalue weighted by Crippen LogP contribution is 2.27. The predicted molar refractivity (Wildman–Crippen MR) is 69.6 cm³/mol. The molecule has 1 fully saturated rings. The molecule has 11 heteroatoms. The van der Waals surface area contributed by atoms with Gasteiger partial charge < -0.3 is 28.4 Å². The van der Waals surface area contributed by atoms with Crippen molar-refractivity contribution in [1.82, 2.24) is 0 Å². The van der Waals surface area contributed by atoms with Gasteiger partial charge in [0.1, 0.15) is 5.92 Å². The zero-order chi connectivity index (χ0) is 18.3. The summed E-state index contributed by atoms with van der Waals surface area (Å²) in [7, 11) is 1.13. The topological polar surface area (TPSA) is 141 Å². The van der Waals surface area contributed by atoms with Crippen LogP contribution in [0.25, 0.3) is 0 Å². The van der Waals surface area contributed by atoms with Crippen molar-refractivity contribution in [2.45, 2.75) is 26.1 Å². The Hall–Kier alpha value is -2.69. The quantitative estimate of drug-likeness (QED) is 0.307. The van der Waals surface area contributed by atoms with Gasteiger partial charge in [-0.25, -0.2) is 9.59 Å². The summed E-state index contributed by atoms with van der Waals surface area (Å²) < 4.78 is 27.7. The van der Waals surface area contributed by atoms with Gasteiger partial charge in [-0.1, -0.05) is 0 Å². The second-order valence-corrected chi connectivity index (χ2v) is 4.47. The van der Waals surface area contributed by atoms with Crippen molar-refractivity contribution in [2.75, 3.05) is 20.7 Å². The third kappa shape index (κ3) is 5.19. The molecule has 3 unspecified atom stereocenters. The molecule has 1 heterocycles. The molecule has 134 valence electrons. The van der Waals surface area contributed by atoms with Gasteiger partial charge in [0.2, 0.25) is 19.7 Å². The van der Waals surface area contributed by atoms with E-state index in [4.69, 9.17) is 9.47 Å². The molecule has 0 bridgehead atoms. The first-order valence-corrected chi connectivity index (χ1v) is 6.61. The molecule has 1 rings (SSSR count). The maximum Gasteiger partial charge on any atom is 0.351 e. The number of rotatable bonds is 7. The van der Waals surface area contributed by atoms with Crippen molar-refractivity contribution in [3.05, 3.63) is 0 Å². The summed E-state index contributed by atoms with van der Waals surface area (Å²) in [5.41, 5.74) is 0. The summed E-state index contributed by atoms with van der Waals surface area (Å²) in [5, 5.41) is 0. The number of carbonyl (C=O) groups is 5. The third-order valence-corrected chi connectivity index (χ3v) is 2.81. The summed E-state index contributed by atoms with van der Waals surface area (Å²) in [6.07, 6.45) is -3.05. The molecular formula is C13H16O11. The van der Waals surface area contributed by atoms with E-state index in [0.29, 0.717) is 0 Å². The molecule has 0 spiro atoms. The molecule has 1 aliphatic heterocycles. The molecule has 3 atom stereocenters. The zero-order valence-electron chi connectivity index (χ0n) is 13.1. The maximum atomic E-state index is 12.0. The van der Waals surface area contributed by atoms with Crippen molar-refractivity contribution < 1.29 is 52.4 Å². The van der Waals surface area contributed by atoms with Crippen LogP contribution in [0.15, 0.2) is 0 Å². The standard InChI is InChI=1S/C13H16O11/c1-6(14)20-4-22-11(16)8-9(19-3)13(18)24-10(8)12(17)23-5-21-7(2)15/h8-10H,4-5H2,1-3H3. The Morgan fingerprint density at radius 2 is 1.42 bits per heavy atom.